The van der Waals surface area contributed by atoms with Gasteiger partial charge in [-0.3, -0.25) is 22.9 Å². The first-order valence-electron chi connectivity index (χ1n) is 10.6. The number of para-hydroxylation sites is 2. The highest BCUT2D eigenvalue weighted by Gasteiger charge is 2.23. The molecule has 8 nitrogen and oxygen atoms in total. The maximum Gasteiger partial charge on any atom is 0.332 e. The minimum Gasteiger partial charge on any atom is -0.506 e. The first kappa shape index (κ1) is 20.6. The van der Waals surface area contributed by atoms with E-state index in [-0.39, 0.29) is 12.3 Å². The van der Waals surface area contributed by atoms with E-state index in [1.165, 1.54) is 9.13 Å². The minimum absolute atomic E-state index is 0.0995. The Kier molecular flexibility index (Phi) is 4.78. The van der Waals surface area contributed by atoms with Crippen LogP contribution in [-0.4, -0.2) is 28.2 Å². The lowest BCUT2D eigenvalue weighted by atomic mass is 10.2. The van der Waals surface area contributed by atoms with Crippen molar-refractivity contribution in [3.8, 4) is 11.4 Å². The fourth-order valence-electron chi connectivity index (χ4n) is 4.21. The number of rotatable bonds is 4. The van der Waals surface area contributed by atoms with Crippen LogP contribution in [0.1, 0.15) is 17.0 Å². The van der Waals surface area contributed by atoms with Gasteiger partial charge >= 0.3 is 5.69 Å². The van der Waals surface area contributed by atoms with Crippen LogP contribution in [0, 0.1) is 13.8 Å². The summed E-state index contributed by atoms with van der Waals surface area (Å²) < 4.78 is 6.16. The van der Waals surface area contributed by atoms with Crippen LogP contribution in [0.5, 0.6) is 5.75 Å². The molecule has 0 aliphatic carbocycles. The van der Waals surface area contributed by atoms with E-state index in [1.807, 2.05) is 56.3 Å². The molecule has 3 heterocycles. The van der Waals surface area contributed by atoms with Gasteiger partial charge in [-0.15, -0.1) is 0 Å². The average molecular weight is 441 g/mol. The van der Waals surface area contributed by atoms with Crippen LogP contribution in [0.4, 0.5) is 0 Å². The number of imidazole rings is 2. The number of phenols is 1. The van der Waals surface area contributed by atoms with E-state index in [1.54, 1.807) is 40.3 Å². The summed E-state index contributed by atoms with van der Waals surface area (Å²) in [5.41, 5.74) is 2.97. The van der Waals surface area contributed by atoms with Crippen molar-refractivity contribution in [2.75, 3.05) is 0 Å². The molecule has 1 N–H and O–H groups in total. The Labute approximate surface area is 188 Å². The smallest absolute Gasteiger partial charge is 0.332 e. The van der Waals surface area contributed by atoms with Crippen molar-refractivity contribution >= 4 is 23.0 Å². The van der Waals surface area contributed by atoms with E-state index in [2.05, 4.69) is 4.98 Å². The lowest BCUT2D eigenvalue weighted by Gasteiger charge is -2.08. The van der Waals surface area contributed by atoms with Crippen LogP contribution in [0.2, 0.25) is 0 Å². The molecule has 0 unspecified atom stereocenters. The predicted octanol–water partition coefficient (Wildman–Crippen LogP) is 3.17. The third-order valence-electron chi connectivity index (χ3n) is 6.04. The normalized spacial score (nSPS) is 11.8. The summed E-state index contributed by atoms with van der Waals surface area (Å²) in [6.45, 7) is 3.94. The highest BCUT2D eigenvalue weighted by molar-refractivity contribution is 5.77. The lowest BCUT2D eigenvalue weighted by molar-refractivity contribution is 0.472. The number of aryl methyl sites for hydroxylation is 2. The maximum atomic E-state index is 13.5. The number of aromatic hydroxyl groups is 1. The van der Waals surface area contributed by atoms with Crippen molar-refractivity contribution < 1.29 is 5.11 Å². The van der Waals surface area contributed by atoms with Crippen molar-refractivity contribution in [1.29, 1.82) is 0 Å². The van der Waals surface area contributed by atoms with Gasteiger partial charge in [0.15, 0.2) is 11.2 Å². The third-order valence-corrected chi connectivity index (χ3v) is 6.04. The van der Waals surface area contributed by atoms with Gasteiger partial charge in [-0.1, -0.05) is 54.6 Å². The number of aromatic nitrogens is 5. The summed E-state index contributed by atoms with van der Waals surface area (Å²) in [6, 6.07) is 16.7. The summed E-state index contributed by atoms with van der Waals surface area (Å²) in [5.74, 6) is 0.564. The number of hydrogen-bond acceptors (Lipinski definition) is 4. The Bertz CT molecular complexity index is 1670. The van der Waals surface area contributed by atoms with Gasteiger partial charge in [-0.05, 0) is 31.5 Å². The Balaban J connectivity index is 1.75. The molecule has 5 rings (SSSR count). The van der Waals surface area contributed by atoms with E-state index in [9.17, 15) is 14.7 Å². The van der Waals surface area contributed by atoms with Crippen LogP contribution < -0.4 is 11.2 Å². The van der Waals surface area contributed by atoms with E-state index in [4.69, 9.17) is 0 Å². The Morgan fingerprint density at radius 1 is 0.970 bits per heavy atom. The third kappa shape index (κ3) is 3.10. The van der Waals surface area contributed by atoms with Crippen LogP contribution in [0.15, 0.2) is 70.3 Å². The summed E-state index contributed by atoms with van der Waals surface area (Å²) in [7, 11) is 1.61. The Hall–Kier alpha value is -4.33. The summed E-state index contributed by atoms with van der Waals surface area (Å²) in [5, 5.41) is 10.4. The molecule has 0 atom stereocenters. The molecule has 5 aromatic rings. The monoisotopic (exact) mass is 441 g/mol. The second-order valence-corrected chi connectivity index (χ2v) is 7.98. The molecule has 33 heavy (non-hydrogen) atoms. The summed E-state index contributed by atoms with van der Waals surface area (Å²) in [4.78, 5) is 31.1. The number of nitrogens with zero attached hydrogens (tertiary/aromatic N) is 5. The Morgan fingerprint density at radius 3 is 2.39 bits per heavy atom. The van der Waals surface area contributed by atoms with Crippen LogP contribution in [-0.2, 0) is 13.6 Å². The maximum absolute atomic E-state index is 13.5. The van der Waals surface area contributed by atoms with Gasteiger partial charge in [0.1, 0.15) is 5.75 Å². The SMILES string of the molecule is Cc1c(C)n2c3c(=O)n(C/C=C\c4ccccc4)c(=O)n(C)c3nc2n1-c1ccccc1O. The van der Waals surface area contributed by atoms with E-state index >= 15 is 0 Å². The second-order valence-electron chi connectivity index (χ2n) is 7.98. The molecular weight excluding hydrogens is 418 g/mol. The molecule has 2 aromatic carbocycles. The molecule has 0 radical (unpaired) electrons. The van der Waals surface area contributed by atoms with Crippen molar-refractivity contribution in [2.24, 2.45) is 7.05 Å². The number of hydrogen-bond donors (Lipinski definition) is 1. The van der Waals surface area contributed by atoms with E-state index in [0.717, 1.165) is 17.0 Å². The summed E-state index contributed by atoms with van der Waals surface area (Å²) >= 11 is 0. The highest BCUT2D eigenvalue weighted by Crippen LogP contribution is 2.29. The largest absolute Gasteiger partial charge is 0.506 e. The predicted molar refractivity (Wildman–Crippen MR) is 128 cm³/mol. The molecule has 0 amide bonds. The van der Waals surface area contributed by atoms with Crippen molar-refractivity contribution in [1.82, 2.24) is 23.1 Å². The van der Waals surface area contributed by atoms with E-state index < -0.39 is 11.2 Å². The summed E-state index contributed by atoms with van der Waals surface area (Å²) in [6.07, 6.45) is 3.68. The van der Waals surface area contributed by atoms with Gasteiger partial charge in [-0.2, -0.15) is 4.98 Å². The van der Waals surface area contributed by atoms with Gasteiger partial charge in [-0.25, -0.2) is 4.79 Å². The van der Waals surface area contributed by atoms with E-state index in [0.29, 0.717) is 22.6 Å². The first-order chi connectivity index (χ1) is 15.9. The molecule has 8 heteroatoms. The van der Waals surface area contributed by atoms with Crippen LogP contribution >= 0.6 is 0 Å². The number of phenolic OH excluding ortho intramolecular Hbond substituents is 1. The fourth-order valence-corrected chi connectivity index (χ4v) is 4.21. The zero-order valence-electron chi connectivity index (χ0n) is 18.6. The van der Waals surface area contributed by atoms with Gasteiger partial charge in [0, 0.05) is 25.0 Å². The van der Waals surface area contributed by atoms with Crippen LogP contribution in [0.3, 0.4) is 0 Å². The molecule has 0 fully saturated rings. The Morgan fingerprint density at radius 2 is 1.67 bits per heavy atom. The molecule has 0 saturated carbocycles. The second kappa shape index (κ2) is 7.67. The van der Waals surface area contributed by atoms with Gasteiger partial charge in [0.05, 0.1) is 5.69 Å². The minimum atomic E-state index is -0.436. The average Bonchev–Trinajstić information content (AvgIpc) is 3.31. The van der Waals surface area contributed by atoms with Gasteiger partial charge < -0.3 is 5.11 Å². The number of allylic oxidation sites excluding steroid dienone is 1. The molecular formula is C25H23N5O3. The number of fused-ring (bicyclic) bond motifs is 3. The molecule has 166 valence electrons. The standard InChI is InChI=1S/C25H23N5O3/c1-16-17(2)30-21-22(26-24(30)29(16)19-13-7-8-14-20(19)31)27(3)25(33)28(23(21)32)15-9-12-18-10-5-4-6-11-18/h4-14,31H,15H2,1-3H3/b12-9-. The van der Waals surface area contributed by atoms with Gasteiger partial charge in [0.2, 0.25) is 5.78 Å². The quantitative estimate of drug-likeness (QED) is 0.464. The van der Waals surface area contributed by atoms with Gasteiger partial charge in [0.25, 0.3) is 5.56 Å². The first-order valence-corrected chi connectivity index (χ1v) is 10.6. The molecule has 3 aromatic heterocycles. The zero-order chi connectivity index (χ0) is 23.3. The molecule has 0 bridgehead atoms. The lowest BCUT2D eigenvalue weighted by Crippen LogP contribution is -2.39. The number of benzene rings is 2. The molecule has 0 spiro atoms. The highest BCUT2D eigenvalue weighted by atomic mass is 16.3. The van der Waals surface area contributed by atoms with Crippen molar-refractivity contribution in [3.63, 3.8) is 0 Å². The topological polar surface area (TPSA) is 86.5 Å². The zero-order valence-corrected chi connectivity index (χ0v) is 18.6. The van der Waals surface area contributed by atoms with Crippen molar-refractivity contribution in [3.05, 3.63) is 98.5 Å². The molecule has 0 saturated heterocycles. The molecule has 0 aliphatic heterocycles. The fraction of sp³-hybridized carbons (Fsp3) is 0.160. The molecule has 0 aliphatic rings. The van der Waals surface area contributed by atoms with Crippen LogP contribution in [0.25, 0.3) is 28.7 Å². The van der Waals surface area contributed by atoms with Crippen molar-refractivity contribution in [2.45, 2.75) is 20.4 Å².